The van der Waals surface area contributed by atoms with Gasteiger partial charge in [0.25, 0.3) is 11.7 Å². The van der Waals surface area contributed by atoms with E-state index in [0.29, 0.717) is 28.3 Å². The Morgan fingerprint density at radius 3 is 2.29 bits per heavy atom. The van der Waals surface area contributed by atoms with Gasteiger partial charge in [0.2, 0.25) is 0 Å². The molecule has 1 aliphatic rings. The second kappa shape index (κ2) is 8.36. The summed E-state index contributed by atoms with van der Waals surface area (Å²) in [6, 6.07) is 21.8. The van der Waals surface area contributed by atoms with E-state index < -0.39 is 17.7 Å². The Morgan fingerprint density at radius 1 is 0.871 bits per heavy atom. The number of carbonyl (C=O) groups excluding carboxylic acids is 2. The first-order valence-corrected chi connectivity index (χ1v) is 9.70. The molecule has 1 heterocycles. The lowest BCUT2D eigenvalue weighted by molar-refractivity contribution is -0.132. The highest BCUT2D eigenvalue weighted by Gasteiger charge is 2.48. The van der Waals surface area contributed by atoms with Gasteiger partial charge in [-0.25, -0.2) is 0 Å². The number of Topliss-reactive ketones (excluding diaryl/α,β-unsaturated/α-hetero) is 1. The average Bonchev–Trinajstić information content (AvgIpc) is 3.09. The van der Waals surface area contributed by atoms with E-state index in [1.165, 1.54) is 19.1 Å². The van der Waals surface area contributed by atoms with Crippen LogP contribution in [0.2, 0.25) is 0 Å². The first kappa shape index (κ1) is 20.2. The van der Waals surface area contributed by atoms with Crippen LogP contribution in [0.3, 0.4) is 0 Å². The van der Waals surface area contributed by atoms with Gasteiger partial charge in [-0.3, -0.25) is 14.5 Å². The quantitative estimate of drug-likeness (QED) is 0.381. The average molecular weight is 415 g/mol. The number of hydrogen-bond donors (Lipinski definition) is 1. The van der Waals surface area contributed by atoms with Gasteiger partial charge in [0.15, 0.2) is 0 Å². The molecule has 1 N–H and O–H groups in total. The van der Waals surface area contributed by atoms with Crippen LogP contribution < -0.4 is 14.4 Å². The number of benzene rings is 3. The van der Waals surface area contributed by atoms with Gasteiger partial charge in [0.1, 0.15) is 17.3 Å². The molecule has 1 saturated heterocycles. The smallest absolute Gasteiger partial charge is 0.300 e. The zero-order valence-electron chi connectivity index (χ0n) is 17.1. The van der Waals surface area contributed by atoms with Gasteiger partial charge in [-0.1, -0.05) is 54.6 Å². The van der Waals surface area contributed by atoms with Crippen LogP contribution in [0.25, 0.3) is 5.76 Å². The lowest BCUT2D eigenvalue weighted by Gasteiger charge is -2.26. The molecule has 156 valence electrons. The number of ether oxygens (including phenoxy) is 2. The highest BCUT2D eigenvalue weighted by atomic mass is 16.5. The first-order valence-electron chi connectivity index (χ1n) is 9.70. The molecule has 4 rings (SSSR count). The molecule has 6 heteroatoms. The number of methoxy groups -OCH3 is 2. The molecule has 0 spiro atoms. The SMILES string of the molecule is COc1cccc(N2C(=O)C(=O)C(=C(O)c3ccccc3)C2c2ccccc2OC)c1. The van der Waals surface area contributed by atoms with Gasteiger partial charge in [-0.2, -0.15) is 0 Å². The maximum absolute atomic E-state index is 13.2. The molecule has 1 amide bonds. The van der Waals surface area contributed by atoms with E-state index in [1.54, 1.807) is 72.8 Å². The summed E-state index contributed by atoms with van der Waals surface area (Å²) in [6.07, 6.45) is 0. The van der Waals surface area contributed by atoms with Crippen LogP contribution in [0.5, 0.6) is 11.5 Å². The number of amides is 1. The zero-order chi connectivity index (χ0) is 22.0. The number of ketones is 1. The standard InChI is InChI=1S/C25H21NO5/c1-30-18-12-8-11-17(15-18)26-22(19-13-6-7-14-20(19)31-2)21(24(28)25(26)29)23(27)16-9-4-3-5-10-16/h3-15,22,27H,1-2H3. The number of para-hydroxylation sites is 1. The highest BCUT2D eigenvalue weighted by molar-refractivity contribution is 6.51. The lowest BCUT2D eigenvalue weighted by atomic mass is 9.94. The van der Waals surface area contributed by atoms with Crippen molar-refractivity contribution in [1.29, 1.82) is 0 Å². The Kier molecular flexibility index (Phi) is 5.45. The fourth-order valence-electron chi connectivity index (χ4n) is 3.80. The topological polar surface area (TPSA) is 76.1 Å². The normalized spacial score (nSPS) is 17.6. The van der Waals surface area contributed by atoms with Crippen molar-refractivity contribution in [3.05, 3.63) is 95.6 Å². The van der Waals surface area contributed by atoms with Crippen molar-refractivity contribution in [1.82, 2.24) is 0 Å². The second-order valence-electron chi connectivity index (χ2n) is 6.98. The summed E-state index contributed by atoms with van der Waals surface area (Å²) in [4.78, 5) is 27.7. The molecule has 0 saturated carbocycles. The minimum atomic E-state index is -0.872. The van der Waals surface area contributed by atoms with E-state index in [1.807, 2.05) is 6.07 Å². The Labute approximate surface area is 180 Å². The zero-order valence-corrected chi connectivity index (χ0v) is 17.1. The molecule has 0 bridgehead atoms. The van der Waals surface area contributed by atoms with Gasteiger partial charge in [0.05, 0.1) is 25.8 Å². The van der Waals surface area contributed by atoms with Crippen LogP contribution in [0.15, 0.2) is 84.4 Å². The van der Waals surface area contributed by atoms with Gasteiger partial charge in [-0.15, -0.1) is 0 Å². The van der Waals surface area contributed by atoms with Gasteiger partial charge in [-0.05, 0) is 18.2 Å². The van der Waals surface area contributed by atoms with Crippen LogP contribution >= 0.6 is 0 Å². The van der Waals surface area contributed by atoms with Crippen LogP contribution in [0, 0.1) is 0 Å². The van der Waals surface area contributed by atoms with Crippen LogP contribution in [0.4, 0.5) is 5.69 Å². The molecule has 1 atom stereocenters. The molecule has 31 heavy (non-hydrogen) atoms. The number of aliphatic hydroxyl groups is 1. The summed E-state index contributed by atoms with van der Waals surface area (Å²) in [5, 5.41) is 11.1. The highest BCUT2D eigenvalue weighted by Crippen LogP contribution is 2.45. The minimum absolute atomic E-state index is 0.00326. The number of aliphatic hydroxyl groups excluding tert-OH is 1. The van der Waals surface area contributed by atoms with E-state index in [2.05, 4.69) is 0 Å². The number of nitrogens with zero attached hydrogens (tertiary/aromatic N) is 1. The predicted octanol–water partition coefficient (Wildman–Crippen LogP) is 4.33. The van der Waals surface area contributed by atoms with Crippen LogP contribution in [0.1, 0.15) is 17.2 Å². The first-order chi connectivity index (χ1) is 15.1. The van der Waals surface area contributed by atoms with E-state index >= 15 is 0 Å². The summed E-state index contributed by atoms with van der Waals surface area (Å²) in [5.41, 5.74) is 1.52. The van der Waals surface area contributed by atoms with Crippen molar-refractivity contribution in [3.63, 3.8) is 0 Å². The van der Waals surface area contributed by atoms with Crippen LogP contribution in [-0.4, -0.2) is 31.0 Å². The summed E-state index contributed by atoms with van der Waals surface area (Å²) in [7, 11) is 3.05. The third kappa shape index (κ3) is 3.53. The molecule has 1 fully saturated rings. The predicted molar refractivity (Wildman–Crippen MR) is 117 cm³/mol. The van der Waals surface area contributed by atoms with Crippen molar-refractivity contribution < 1.29 is 24.2 Å². The second-order valence-corrected chi connectivity index (χ2v) is 6.98. The third-order valence-electron chi connectivity index (χ3n) is 5.26. The van der Waals surface area contributed by atoms with E-state index in [-0.39, 0.29) is 11.3 Å². The maximum Gasteiger partial charge on any atom is 0.300 e. The fraction of sp³-hybridized carbons (Fsp3) is 0.120. The van der Waals surface area contributed by atoms with E-state index in [9.17, 15) is 14.7 Å². The van der Waals surface area contributed by atoms with Gasteiger partial charge in [0, 0.05) is 22.9 Å². The monoisotopic (exact) mass is 415 g/mol. The molecule has 1 aliphatic heterocycles. The number of carbonyl (C=O) groups is 2. The number of anilines is 1. The summed E-state index contributed by atoms with van der Waals surface area (Å²) < 4.78 is 10.8. The fourth-order valence-corrected chi connectivity index (χ4v) is 3.80. The van der Waals surface area contributed by atoms with Crippen molar-refractivity contribution in [2.24, 2.45) is 0 Å². The van der Waals surface area contributed by atoms with Crippen molar-refractivity contribution in [3.8, 4) is 11.5 Å². The molecular weight excluding hydrogens is 394 g/mol. The van der Waals surface area contributed by atoms with E-state index in [0.717, 1.165) is 0 Å². The van der Waals surface area contributed by atoms with Crippen molar-refractivity contribution >= 4 is 23.1 Å². The van der Waals surface area contributed by atoms with Gasteiger partial charge < -0.3 is 14.6 Å². The van der Waals surface area contributed by atoms with Gasteiger partial charge >= 0.3 is 0 Å². The number of hydrogen-bond acceptors (Lipinski definition) is 5. The molecule has 3 aromatic carbocycles. The Morgan fingerprint density at radius 2 is 1.58 bits per heavy atom. The van der Waals surface area contributed by atoms with Crippen molar-refractivity contribution in [2.45, 2.75) is 6.04 Å². The summed E-state index contributed by atoms with van der Waals surface area (Å²) in [5.74, 6) is -0.690. The lowest BCUT2D eigenvalue weighted by Crippen LogP contribution is -2.29. The molecule has 0 aliphatic carbocycles. The largest absolute Gasteiger partial charge is 0.507 e. The Bertz CT molecular complexity index is 1170. The third-order valence-corrected chi connectivity index (χ3v) is 5.26. The Balaban J connectivity index is 1.99. The molecule has 0 aromatic heterocycles. The molecular formula is C25H21NO5. The Hall–Kier alpha value is -4.06. The summed E-state index contributed by atoms with van der Waals surface area (Å²) in [6.45, 7) is 0. The molecule has 3 aromatic rings. The summed E-state index contributed by atoms with van der Waals surface area (Å²) >= 11 is 0. The molecule has 1 unspecified atom stereocenters. The maximum atomic E-state index is 13.2. The van der Waals surface area contributed by atoms with Crippen LogP contribution in [-0.2, 0) is 9.59 Å². The minimum Gasteiger partial charge on any atom is -0.507 e. The van der Waals surface area contributed by atoms with Crippen molar-refractivity contribution in [2.75, 3.05) is 19.1 Å². The number of rotatable bonds is 5. The molecule has 6 nitrogen and oxygen atoms in total. The van der Waals surface area contributed by atoms with E-state index in [4.69, 9.17) is 9.47 Å². The molecule has 0 radical (unpaired) electrons.